The molecule has 180 valence electrons. The van der Waals surface area contributed by atoms with E-state index in [0.29, 0.717) is 49.9 Å². The number of ketones is 1. The topological polar surface area (TPSA) is 58.6 Å². The number of hydrogen-bond acceptors (Lipinski definition) is 4. The minimum absolute atomic E-state index is 0. The quantitative estimate of drug-likeness (QED) is 0.376. The number of nitrogens with zero attached hydrogens (tertiary/aromatic N) is 1. The van der Waals surface area contributed by atoms with Gasteiger partial charge in [0.1, 0.15) is 5.75 Å². The van der Waals surface area contributed by atoms with Gasteiger partial charge in [0, 0.05) is 31.1 Å². The summed E-state index contributed by atoms with van der Waals surface area (Å²) < 4.78 is 41.5. The first-order valence-electron chi connectivity index (χ1n) is 10.7. The van der Waals surface area contributed by atoms with E-state index in [4.69, 9.17) is 0 Å². The Morgan fingerprint density at radius 2 is 1.85 bits per heavy atom. The van der Waals surface area contributed by atoms with Crippen LogP contribution in [0, 0.1) is 0 Å². The second kappa shape index (κ2) is 12.0. The summed E-state index contributed by atoms with van der Waals surface area (Å²) in [6.45, 7) is 1.19. The summed E-state index contributed by atoms with van der Waals surface area (Å²) in [6, 6.07) is 11.6. The van der Waals surface area contributed by atoms with Crippen molar-refractivity contribution >= 4 is 29.8 Å². The van der Waals surface area contributed by atoms with E-state index in [1.54, 1.807) is 30.1 Å². The molecular weight excluding hydrogens is 457 g/mol. The Labute approximate surface area is 197 Å². The van der Waals surface area contributed by atoms with Crippen molar-refractivity contribution in [1.82, 2.24) is 5.32 Å². The first-order valence-corrected chi connectivity index (χ1v) is 10.7. The number of carbonyl (C=O) groups excluding carboxylic acids is 2. The van der Waals surface area contributed by atoms with E-state index in [-0.39, 0.29) is 29.8 Å². The Morgan fingerprint density at radius 3 is 2.61 bits per heavy atom. The number of fused-ring (bicyclic) bond motifs is 1. The van der Waals surface area contributed by atoms with Gasteiger partial charge in [-0.2, -0.15) is 0 Å². The van der Waals surface area contributed by atoms with Gasteiger partial charge in [-0.05, 0) is 74.2 Å². The van der Waals surface area contributed by atoms with Crippen LogP contribution < -0.4 is 15.0 Å². The number of Topliss-reactive ketones (excluding diaryl/α,β-unsaturated/α-hetero) is 1. The molecule has 2 aromatic carbocycles. The number of rotatable bonds is 10. The maximum Gasteiger partial charge on any atom is 0.573 e. The van der Waals surface area contributed by atoms with Gasteiger partial charge in [-0.1, -0.05) is 18.2 Å². The third kappa shape index (κ3) is 7.75. The van der Waals surface area contributed by atoms with Crippen molar-refractivity contribution in [3.63, 3.8) is 0 Å². The summed E-state index contributed by atoms with van der Waals surface area (Å²) in [7, 11) is 1.75. The maximum absolute atomic E-state index is 12.5. The Balaban J connectivity index is 0.00000385. The molecule has 1 aliphatic rings. The Hall–Kier alpha value is -2.58. The lowest BCUT2D eigenvalue weighted by molar-refractivity contribution is -0.274. The summed E-state index contributed by atoms with van der Waals surface area (Å²) in [4.78, 5) is 25.9. The smallest absolute Gasteiger partial charge is 0.406 e. The molecule has 1 aliphatic heterocycles. The highest BCUT2D eigenvalue weighted by Gasteiger charge is 2.31. The van der Waals surface area contributed by atoms with Crippen molar-refractivity contribution in [2.75, 3.05) is 25.0 Å². The average molecular weight is 485 g/mol. The van der Waals surface area contributed by atoms with Gasteiger partial charge in [-0.3, -0.25) is 9.59 Å². The number of halogens is 4. The molecule has 3 rings (SSSR count). The molecule has 2 aromatic rings. The first kappa shape index (κ1) is 26.7. The van der Waals surface area contributed by atoms with Gasteiger partial charge in [-0.15, -0.1) is 25.6 Å². The molecule has 33 heavy (non-hydrogen) atoms. The Morgan fingerprint density at radius 1 is 1.09 bits per heavy atom. The normalized spacial score (nSPS) is 13.3. The molecule has 0 radical (unpaired) electrons. The van der Waals surface area contributed by atoms with Crippen LogP contribution in [0.2, 0.25) is 0 Å². The molecule has 1 heterocycles. The molecular formula is C24H28ClF3N2O3. The summed E-state index contributed by atoms with van der Waals surface area (Å²) in [5, 5.41) is 3.20. The second-order valence-corrected chi connectivity index (χ2v) is 7.83. The monoisotopic (exact) mass is 484 g/mol. The number of nitrogens with one attached hydrogen (secondary N) is 1. The predicted octanol–water partition coefficient (Wildman–Crippen LogP) is 5.10. The van der Waals surface area contributed by atoms with Gasteiger partial charge in [0.05, 0.1) is 0 Å². The van der Waals surface area contributed by atoms with Crippen LogP contribution in [0.1, 0.15) is 47.2 Å². The van der Waals surface area contributed by atoms with Crippen LogP contribution in [-0.2, 0) is 17.6 Å². The van der Waals surface area contributed by atoms with Gasteiger partial charge in [0.15, 0.2) is 5.78 Å². The summed E-state index contributed by atoms with van der Waals surface area (Å²) in [6.07, 6.45) is -1.25. The van der Waals surface area contributed by atoms with Crippen LogP contribution in [0.5, 0.6) is 5.75 Å². The Kier molecular flexibility index (Phi) is 9.73. The van der Waals surface area contributed by atoms with E-state index in [9.17, 15) is 22.8 Å². The molecule has 0 saturated heterocycles. The fourth-order valence-electron chi connectivity index (χ4n) is 3.79. The minimum Gasteiger partial charge on any atom is -0.406 e. The molecule has 5 nitrogen and oxygen atoms in total. The number of para-hydroxylation sites is 1. The van der Waals surface area contributed by atoms with Crippen LogP contribution in [0.25, 0.3) is 0 Å². The number of anilines is 1. The fraction of sp³-hybridized carbons (Fsp3) is 0.417. The maximum atomic E-state index is 12.5. The summed E-state index contributed by atoms with van der Waals surface area (Å²) in [5.74, 6) is -0.0148. The number of aryl methyl sites for hydroxylation is 1. The standard InChI is InChI=1S/C24H27F3N2O3.ClH/c1-29-20-11-9-19(16-18(20)10-12-23(29)31)21(30)7-4-5-14-28-15-13-17-6-2-3-8-22(17)32-24(25,26)27;/h2-3,6,8-9,11,16,28H,4-5,7,10,12-15H2,1H3;1H. The highest BCUT2D eigenvalue weighted by atomic mass is 35.5. The molecule has 0 fully saturated rings. The van der Waals surface area contributed by atoms with E-state index < -0.39 is 6.36 Å². The van der Waals surface area contributed by atoms with Gasteiger partial charge in [0.25, 0.3) is 0 Å². The van der Waals surface area contributed by atoms with Crippen molar-refractivity contribution in [1.29, 1.82) is 0 Å². The first-order chi connectivity index (χ1) is 15.2. The molecule has 0 atom stereocenters. The predicted molar refractivity (Wildman–Crippen MR) is 123 cm³/mol. The lowest BCUT2D eigenvalue weighted by atomic mass is 9.96. The number of unbranched alkanes of at least 4 members (excludes halogenated alkanes) is 1. The van der Waals surface area contributed by atoms with Crippen molar-refractivity contribution < 1.29 is 27.5 Å². The van der Waals surface area contributed by atoms with Crippen LogP contribution in [0.4, 0.5) is 18.9 Å². The van der Waals surface area contributed by atoms with E-state index in [2.05, 4.69) is 10.1 Å². The molecule has 1 N–H and O–H groups in total. The third-order valence-corrected chi connectivity index (χ3v) is 5.52. The number of carbonyl (C=O) groups is 2. The lowest BCUT2D eigenvalue weighted by Gasteiger charge is -2.26. The van der Waals surface area contributed by atoms with Crippen molar-refractivity contribution in [2.24, 2.45) is 0 Å². The van der Waals surface area contributed by atoms with Gasteiger partial charge >= 0.3 is 6.36 Å². The molecule has 0 bridgehead atoms. The SMILES string of the molecule is CN1C(=O)CCc2cc(C(=O)CCCCNCCc3ccccc3OC(F)(F)F)ccc21.Cl. The zero-order chi connectivity index (χ0) is 23.1. The van der Waals surface area contributed by atoms with Crippen LogP contribution >= 0.6 is 12.4 Å². The van der Waals surface area contributed by atoms with E-state index in [1.165, 1.54) is 12.1 Å². The van der Waals surface area contributed by atoms with E-state index in [1.807, 2.05) is 12.1 Å². The minimum atomic E-state index is -4.71. The number of ether oxygens (including phenoxy) is 1. The van der Waals surface area contributed by atoms with Gasteiger partial charge in [-0.25, -0.2) is 0 Å². The molecule has 0 saturated carbocycles. The zero-order valence-electron chi connectivity index (χ0n) is 18.4. The molecule has 0 aromatic heterocycles. The van der Waals surface area contributed by atoms with Gasteiger partial charge in [0.2, 0.25) is 5.91 Å². The number of hydrogen-bond donors (Lipinski definition) is 1. The summed E-state index contributed by atoms with van der Waals surface area (Å²) in [5.41, 5.74) is 3.05. The summed E-state index contributed by atoms with van der Waals surface area (Å²) >= 11 is 0. The van der Waals surface area contributed by atoms with Crippen LogP contribution in [-0.4, -0.2) is 38.2 Å². The van der Waals surface area contributed by atoms with Crippen LogP contribution in [0.15, 0.2) is 42.5 Å². The van der Waals surface area contributed by atoms with Crippen molar-refractivity contribution in [3.05, 3.63) is 59.2 Å². The molecule has 0 spiro atoms. The molecule has 0 unspecified atom stereocenters. The highest BCUT2D eigenvalue weighted by Crippen LogP contribution is 2.28. The number of amides is 1. The van der Waals surface area contributed by atoms with Crippen molar-refractivity contribution in [2.45, 2.75) is 44.9 Å². The van der Waals surface area contributed by atoms with Crippen molar-refractivity contribution in [3.8, 4) is 5.75 Å². The number of alkyl halides is 3. The highest BCUT2D eigenvalue weighted by molar-refractivity contribution is 5.99. The average Bonchev–Trinajstić information content (AvgIpc) is 2.75. The lowest BCUT2D eigenvalue weighted by Crippen LogP contribution is -2.31. The largest absolute Gasteiger partial charge is 0.573 e. The second-order valence-electron chi connectivity index (χ2n) is 7.83. The number of benzene rings is 2. The molecule has 9 heteroatoms. The van der Waals surface area contributed by atoms with Gasteiger partial charge < -0.3 is 15.0 Å². The fourth-order valence-corrected chi connectivity index (χ4v) is 3.79. The zero-order valence-corrected chi connectivity index (χ0v) is 19.2. The molecule has 1 amide bonds. The van der Waals surface area contributed by atoms with E-state index in [0.717, 1.165) is 24.1 Å². The molecule has 0 aliphatic carbocycles. The third-order valence-electron chi connectivity index (χ3n) is 5.52. The Bertz CT molecular complexity index is 966. The van der Waals surface area contributed by atoms with E-state index >= 15 is 0 Å². The van der Waals surface area contributed by atoms with Crippen LogP contribution in [0.3, 0.4) is 0 Å².